The van der Waals surface area contributed by atoms with E-state index in [0.29, 0.717) is 29.6 Å². The van der Waals surface area contributed by atoms with Gasteiger partial charge in [0.05, 0.1) is 18.3 Å². The summed E-state index contributed by atoms with van der Waals surface area (Å²) in [5, 5.41) is 48.3. The molecule has 0 saturated heterocycles. The van der Waals surface area contributed by atoms with Gasteiger partial charge in [0.2, 0.25) is 0 Å². The normalized spacial score (nSPS) is 50.3. The van der Waals surface area contributed by atoms with Crippen LogP contribution in [0.1, 0.15) is 84.9 Å². The van der Waals surface area contributed by atoms with Crippen LogP contribution in [-0.2, 0) is 6.42 Å². The van der Waals surface area contributed by atoms with E-state index in [1.54, 1.807) is 0 Å². The minimum Gasteiger partial charge on any atom is -0.393 e. The molecule has 4 aliphatic rings. The molecule has 1 heterocycles. The Bertz CT molecular complexity index is 820. The molecular formula is C26H44N4O3. The topological polar surface area (TPSA) is 115 Å². The van der Waals surface area contributed by atoms with Crippen molar-refractivity contribution in [2.24, 2.45) is 52.3 Å². The molecule has 33 heavy (non-hydrogen) atoms. The molecule has 0 aromatic carbocycles. The average Bonchev–Trinajstić information content (AvgIpc) is 3.43. The molecule has 5 rings (SSSR count). The third-order valence-electron chi connectivity index (χ3n) is 11.5. The number of aromatic amines is 1. The number of tetrazole rings is 1. The van der Waals surface area contributed by atoms with E-state index in [2.05, 4.69) is 48.3 Å². The summed E-state index contributed by atoms with van der Waals surface area (Å²) in [5.74, 6) is 3.31. The van der Waals surface area contributed by atoms with Crippen LogP contribution in [0.3, 0.4) is 0 Å². The summed E-state index contributed by atoms with van der Waals surface area (Å²) < 4.78 is 0. The molecule has 0 radical (unpaired) electrons. The number of hydrogen-bond donors (Lipinski definition) is 4. The summed E-state index contributed by atoms with van der Waals surface area (Å²) in [6.45, 7) is 9.29. The van der Waals surface area contributed by atoms with Gasteiger partial charge in [0.15, 0.2) is 0 Å². The van der Waals surface area contributed by atoms with E-state index >= 15 is 0 Å². The van der Waals surface area contributed by atoms with Crippen molar-refractivity contribution < 1.29 is 15.3 Å². The summed E-state index contributed by atoms with van der Waals surface area (Å²) in [6.07, 6.45) is 7.61. The fourth-order valence-corrected chi connectivity index (χ4v) is 9.74. The largest absolute Gasteiger partial charge is 0.393 e. The Morgan fingerprint density at radius 1 is 1.06 bits per heavy atom. The Morgan fingerprint density at radius 2 is 1.85 bits per heavy atom. The second kappa shape index (κ2) is 8.56. The van der Waals surface area contributed by atoms with E-state index in [0.717, 1.165) is 63.6 Å². The van der Waals surface area contributed by atoms with Crippen molar-refractivity contribution in [3.8, 4) is 0 Å². The first-order valence-corrected chi connectivity index (χ1v) is 13.5. The second-order valence-electron chi connectivity index (χ2n) is 12.6. The van der Waals surface area contributed by atoms with Crippen molar-refractivity contribution in [2.45, 2.75) is 104 Å². The van der Waals surface area contributed by atoms with Crippen LogP contribution in [0.5, 0.6) is 0 Å². The first-order valence-electron chi connectivity index (χ1n) is 13.5. The van der Waals surface area contributed by atoms with Crippen LogP contribution < -0.4 is 0 Å². The van der Waals surface area contributed by atoms with Gasteiger partial charge in [-0.05, 0) is 108 Å². The average molecular weight is 461 g/mol. The van der Waals surface area contributed by atoms with Gasteiger partial charge in [0.1, 0.15) is 5.82 Å². The van der Waals surface area contributed by atoms with Crippen molar-refractivity contribution in [1.29, 1.82) is 0 Å². The number of fused-ring (bicyclic) bond motifs is 5. The van der Waals surface area contributed by atoms with Gasteiger partial charge >= 0.3 is 0 Å². The molecule has 0 unspecified atom stereocenters. The van der Waals surface area contributed by atoms with Crippen LogP contribution in [-0.4, -0.2) is 54.3 Å². The number of aromatic nitrogens is 4. The molecule has 4 fully saturated rings. The van der Waals surface area contributed by atoms with Gasteiger partial charge in [-0.15, -0.1) is 5.10 Å². The summed E-state index contributed by atoms with van der Waals surface area (Å²) in [4.78, 5) is 0. The number of rotatable bonds is 5. The maximum absolute atomic E-state index is 11.8. The molecule has 0 bridgehead atoms. The van der Waals surface area contributed by atoms with Crippen molar-refractivity contribution in [1.82, 2.24) is 20.6 Å². The molecule has 7 heteroatoms. The molecule has 1 aromatic heterocycles. The Hall–Kier alpha value is -1.05. The van der Waals surface area contributed by atoms with Gasteiger partial charge in [-0.1, -0.05) is 34.1 Å². The van der Waals surface area contributed by atoms with Gasteiger partial charge in [-0.3, -0.25) is 0 Å². The summed E-state index contributed by atoms with van der Waals surface area (Å²) in [7, 11) is 0. The van der Waals surface area contributed by atoms with Gasteiger partial charge in [-0.25, -0.2) is 5.10 Å². The van der Waals surface area contributed by atoms with E-state index in [1.807, 2.05) is 0 Å². The third kappa shape index (κ3) is 3.51. The van der Waals surface area contributed by atoms with Crippen LogP contribution in [0, 0.1) is 52.3 Å². The molecule has 7 nitrogen and oxygen atoms in total. The molecule has 0 amide bonds. The molecule has 0 spiro atoms. The van der Waals surface area contributed by atoms with Crippen LogP contribution in [0.25, 0.3) is 0 Å². The lowest BCUT2D eigenvalue weighted by molar-refractivity contribution is -0.228. The van der Waals surface area contributed by atoms with Crippen molar-refractivity contribution in [3.63, 3.8) is 0 Å². The Balaban J connectivity index is 1.42. The van der Waals surface area contributed by atoms with Gasteiger partial charge < -0.3 is 15.3 Å². The van der Waals surface area contributed by atoms with E-state index in [4.69, 9.17) is 0 Å². The van der Waals surface area contributed by atoms with Crippen LogP contribution >= 0.6 is 0 Å². The van der Waals surface area contributed by atoms with Crippen LogP contribution in [0.2, 0.25) is 0 Å². The molecule has 12 atom stereocenters. The zero-order chi connectivity index (χ0) is 23.5. The number of aliphatic hydroxyl groups excluding tert-OH is 3. The number of nitrogens with zero attached hydrogens (tertiary/aromatic N) is 3. The van der Waals surface area contributed by atoms with Crippen LogP contribution in [0.15, 0.2) is 0 Å². The predicted octanol–water partition coefficient (Wildman–Crippen LogP) is 3.37. The summed E-state index contributed by atoms with van der Waals surface area (Å²) >= 11 is 0. The van der Waals surface area contributed by atoms with Crippen molar-refractivity contribution >= 4 is 0 Å². The highest BCUT2D eigenvalue weighted by Crippen LogP contribution is 2.69. The van der Waals surface area contributed by atoms with Gasteiger partial charge in [0.25, 0.3) is 0 Å². The smallest absolute Gasteiger partial charge is 0.148 e. The van der Waals surface area contributed by atoms with Gasteiger partial charge in [0, 0.05) is 6.42 Å². The number of hydrogen-bond acceptors (Lipinski definition) is 6. The number of nitrogens with one attached hydrogen (secondary N) is 1. The lowest BCUT2D eigenvalue weighted by atomic mass is 9.41. The molecule has 4 saturated carbocycles. The highest BCUT2D eigenvalue weighted by atomic mass is 16.3. The lowest BCUT2D eigenvalue weighted by Crippen LogP contribution is -2.65. The molecule has 1 aromatic rings. The highest BCUT2D eigenvalue weighted by molar-refractivity contribution is 5.15. The monoisotopic (exact) mass is 460 g/mol. The molecule has 186 valence electrons. The fraction of sp³-hybridized carbons (Fsp3) is 0.962. The summed E-state index contributed by atoms with van der Waals surface area (Å²) in [6, 6.07) is 0. The minimum absolute atomic E-state index is 0.106. The number of H-pyrrole nitrogens is 1. The molecule has 4 aliphatic carbocycles. The first kappa shape index (κ1) is 23.7. The Kier molecular flexibility index (Phi) is 6.14. The lowest BCUT2D eigenvalue weighted by Gasteiger charge is -2.65. The second-order valence-corrected chi connectivity index (χ2v) is 12.6. The van der Waals surface area contributed by atoms with E-state index in [1.165, 1.54) is 0 Å². The Morgan fingerprint density at radius 3 is 2.55 bits per heavy atom. The maximum atomic E-state index is 11.8. The van der Waals surface area contributed by atoms with E-state index in [9.17, 15) is 15.3 Å². The molecule has 4 N–H and O–H groups in total. The number of aryl methyl sites for hydroxylation is 1. The minimum atomic E-state index is -0.333. The molecular weight excluding hydrogens is 416 g/mol. The standard InChI is InChI=1S/C26H44N4O3/c1-5-16-19-12-15(31)10-11-25(19,3)20-13-21(32)26(4)17(7-8-18(26)23(20)24(16)33)14(2)6-9-22-27-29-30-28-22/h14-21,23-24,31-33H,5-13H2,1-4H3,(H,27,28,29,30)/t14-,15-,16-,17-,18+,19+,20+,21+,23+,24-,25+,26-/m1/s1. The van der Waals surface area contributed by atoms with E-state index < -0.39 is 0 Å². The quantitative estimate of drug-likeness (QED) is 0.536. The molecule has 0 aliphatic heterocycles. The number of aliphatic hydroxyl groups is 3. The van der Waals surface area contributed by atoms with Crippen molar-refractivity contribution in [3.05, 3.63) is 5.82 Å². The van der Waals surface area contributed by atoms with Crippen molar-refractivity contribution in [2.75, 3.05) is 0 Å². The predicted molar refractivity (Wildman–Crippen MR) is 125 cm³/mol. The maximum Gasteiger partial charge on any atom is 0.148 e. The third-order valence-corrected chi connectivity index (χ3v) is 11.5. The Labute approximate surface area is 198 Å². The first-order chi connectivity index (χ1) is 15.7. The fourth-order valence-electron chi connectivity index (χ4n) is 9.74. The van der Waals surface area contributed by atoms with Gasteiger partial charge in [-0.2, -0.15) is 0 Å². The van der Waals surface area contributed by atoms with Crippen LogP contribution in [0.4, 0.5) is 0 Å². The highest BCUT2D eigenvalue weighted by Gasteiger charge is 2.67. The zero-order valence-corrected chi connectivity index (χ0v) is 20.8. The zero-order valence-electron chi connectivity index (χ0n) is 20.8. The van der Waals surface area contributed by atoms with E-state index in [-0.39, 0.29) is 41.0 Å². The summed E-state index contributed by atoms with van der Waals surface area (Å²) in [5.41, 5.74) is -0.0496. The SMILES string of the molecule is CC[C@H]1[C@@H](O)[C@@H]2[C@H](C[C@H](O)[C@]3(C)[C@@H]([C@H](C)CCc4nnn[nH]4)CC[C@@H]23)[C@@]2(C)CC[C@@H](O)C[C@@H]12.